The predicted molar refractivity (Wildman–Crippen MR) is 66.0 cm³/mol. The van der Waals surface area contributed by atoms with E-state index in [0.717, 1.165) is 6.42 Å². The molecule has 1 aromatic carbocycles. The van der Waals surface area contributed by atoms with Gasteiger partial charge in [-0.05, 0) is 34.8 Å². The van der Waals surface area contributed by atoms with Crippen LogP contribution in [0.1, 0.15) is 12.8 Å². The van der Waals surface area contributed by atoms with Crippen molar-refractivity contribution in [1.82, 2.24) is 0 Å². The molecule has 1 aliphatic rings. The molecule has 1 aliphatic heterocycles. The van der Waals surface area contributed by atoms with E-state index in [9.17, 15) is 13.6 Å². The standard InChI is InChI=1S/C12H10BrF2NO2/c13-8-4-11(10(15)5-9(8)14)16-12(17)7-2-1-3-18-6-7/h4-6H,1-3H2,(H,16,17). The number of nitrogens with one attached hydrogen (secondary N) is 1. The summed E-state index contributed by atoms with van der Waals surface area (Å²) in [7, 11) is 0. The fourth-order valence-electron chi connectivity index (χ4n) is 1.55. The first-order chi connectivity index (χ1) is 8.58. The van der Waals surface area contributed by atoms with Crippen LogP contribution >= 0.6 is 15.9 Å². The molecule has 2 rings (SSSR count). The van der Waals surface area contributed by atoms with Crippen molar-refractivity contribution >= 4 is 27.5 Å². The van der Waals surface area contributed by atoms with Crippen LogP contribution in [0.25, 0.3) is 0 Å². The third-order valence-corrected chi connectivity index (χ3v) is 3.09. The van der Waals surface area contributed by atoms with E-state index in [0.29, 0.717) is 24.7 Å². The van der Waals surface area contributed by atoms with E-state index in [1.54, 1.807) is 0 Å². The number of ether oxygens (including phenoxy) is 1. The van der Waals surface area contributed by atoms with Crippen LogP contribution in [0.2, 0.25) is 0 Å². The molecular weight excluding hydrogens is 308 g/mol. The molecule has 0 fully saturated rings. The number of rotatable bonds is 2. The minimum atomic E-state index is -0.818. The van der Waals surface area contributed by atoms with Crippen molar-refractivity contribution in [2.24, 2.45) is 0 Å². The number of hydrogen-bond donors (Lipinski definition) is 1. The summed E-state index contributed by atoms with van der Waals surface area (Å²) in [6, 6.07) is 1.90. The number of carbonyl (C=O) groups is 1. The first kappa shape index (κ1) is 13.0. The Morgan fingerprint density at radius 1 is 1.33 bits per heavy atom. The molecule has 0 aliphatic carbocycles. The second kappa shape index (κ2) is 5.48. The number of benzene rings is 1. The molecule has 1 heterocycles. The Morgan fingerprint density at radius 3 is 2.78 bits per heavy atom. The first-order valence-electron chi connectivity index (χ1n) is 5.34. The zero-order valence-electron chi connectivity index (χ0n) is 9.30. The van der Waals surface area contributed by atoms with Gasteiger partial charge in [0, 0.05) is 6.07 Å². The molecule has 0 bridgehead atoms. The number of carbonyl (C=O) groups excluding carboxylic acids is 1. The predicted octanol–water partition coefficient (Wildman–Crippen LogP) is 3.36. The topological polar surface area (TPSA) is 38.3 Å². The molecule has 18 heavy (non-hydrogen) atoms. The van der Waals surface area contributed by atoms with Gasteiger partial charge in [0.25, 0.3) is 5.91 Å². The van der Waals surface area contributed by atoms with E-state index in [1.165, 1.54) is 12.3 Å². The average molecular weight is 318 g/mol. The van der Waals surface area contributed by atoms with Crippen molar-refractivity contribution in [3.63, 3.8) is 0 Å². The molecule has 1 N–H and O–H groups in total. The van der Waals surface area contributed by atoms with Crippen LogP contribution in [-0.4, -0.2) is 12.5 Å². The van der Waals surface area contributed by atoms with Crippen LogP contribution in [0.5, 0.6) is 0 Å². The molecule has 0 radical (unpaired) electrons. The summed E-state index contributed by atoms with van der Waals surface area (Å²) in [6.07, 6.45) is 2.69. The molecule has 96 valence electrons. The van der Waals surface area contributed by atoms with Gasteiger partial charge in [0.05, 0.1) is 28.6 Å². The summed E-state index contributed by atoms with van der Waals surface area (Å²) in [6.45, 7) is 0.577. The molecule has 0 spiro atoms. The summed E-state index contributed by atoms with van der Waals surface area (Å²) in [5, 5.41) is 2.39. The second-order valence-corrected chi connectivity index (χ2v) is 4.67. The second-order valence-electron chi connectivity index (χ2n) is 3.82. The Balaban J connectivity index is 2.16. The largest absolute Gasteiger partial charge is 0.501 e. The molecule has 0 saturated carbocycles. The van der Waals surface area contributed by atoms with Gasteiger partial charge in [-0.3, -0.25) is 4.79 Å². The lowest BCUT2D eigenvalue weighted by atomic mass is 10.1. The Bertz CT molecular complexity index is 517. The molecule has 3 nitrogen and oxygen atoms in total. The third-order valence-electron chi connectivity index (χ3n) is 2.48. The summed E-state index contributed by atoms with van der Waals surface area (Å²) in [4.78, 5) is 11.8. The Labute approximate surface area is 111 Å². The average Bonchev–Trinajstić information content (AvgIpc) is 2.37. The Hall–Kier alpha value is -1.43. The molecule has 0 saturated heterocycles. The van der Waals surface area contributed by atoms with Gasteiger partial charge in [-0.2, -0.15) is 0 Å². The Kier molecular flexibility index (Phi) is 3.96. The van der Waals surface area contributed by atoms with Crippen molar-refractivity contribution in [3.05, 3.63) is 40.1 Å². The fraction of sp³-hybridized carbons (Fsp3) is 0.250. The quantitative estimate of drug-likeness (QED) is 0.849. The molecule has 0 aromatic heterocycles. The molecular formula is C12H10BrF2NO2. The van der Waals surface area contributed by atoms with Crippen molar-refractivity contribution in [2.45, 2.75) is 12.8 Å². The number of halogens is 3. The zero-order valence-corrected chi connectivity index (χ0v) is 10.9. The highest BCUT2D eigenvalue weighted by Crippen LogP contribution is 2.24. The SMILES string of the molecule is O=C(Nc1cc(Br)c(F)cc1F)C1=COCCC1. The lowest BCUT2D eigenvalue weighted by Crippen LogP contribution is -2.18. The molecule has 1 aromatic rings. The van der Waals surface area contributed by atoms with Crippen LogP contribution < -0.4 is 5.32 Å². The van der Waals surface area contributed by atoms with Crippen molar-refractivity contribution in [2.75, 3.05) is 11.9 Å². The summed E-state index contributed by atoms with van der Waals surface area (Å²) in [5.41, 5.74) is 0.376. The van der Waals surface area contributed by atoms with Gasteiger partial charge in [-0.25, -0.2) is 8.78 Å². The normalized spacial score (nSPS) is 14.7. The van der Waals surface area contributed by atoms with Gasteiger partial charge in [-0.1, -0.05) is 0 Å². The lowest BCUT2D eigenvalue weighted by molar-refractivity contribution is -0.113. The maximum Gasteiger partial charge on any atom is 0.254 e. The van der Waals surface area contributed by atoms with Crippen LogP contribution in [0.15, 0.2) is 28.4 Å². The van der Waals surface area contributed by atoms with Crippen LogP contribution in [0, 0.1) is 11.6 Å². The minimum Gasteiger partial charge on any atom is -0.501 e. The number of amides is 1. The van der Waals surface area contributed by atoms with Crippen LogP contribution in [-0.2, 0) is 9.53 Å². The number of anilines is 1. The summed E-state index contributed by atoms with van der Waals surface area (Å²) >= 11 is 2.93. The van der Waals surface area contributed by atoms with Crippen molar-refractivity contribution in [1.29, 1.82) is 0 Å². The summed E-state index contributed by atoms with van der Waals surface area (Å²) < 4.78 is 31.6. The highest BCUT2D eigenvalue weighted by molar-refractivity contribution is 9.10. The van der Waals surface area contributed by atoms with E-state index < -0.39 is 17.5 Å². The van der Waals surface area contributed by atoms with Gasteiger partial charge >= 0.3 is 0 Å². The maximum absolute atomic E-state index is 13.4. The van der Waals surface area contributed by atoms with Crippen LogP contribution in [0.3, 0.4) is 0 Å². The van der Waals surface area contributed by atoms with Crippen LogP contribution in [0.4, 0.5) is 14.5 Å². The monoisotopic (exact) mass is 317 g/mol. The van der Waals surface area contributed by atoms with Gasteiger partial charge in [0.15, 0.2) is 0 Å². The third kappa shape index (κ3) is 2.87. The van der Waals surface area contributed by atoms with Crippen molar-refractivity contribution < 1.29 is 18.3 Å². The van der Waals surface area contributed by atoms with E-state index in [4.69, 9.17) is 4.74 Å². The smallest absolute Gasteiger partial charge is 0.254 e. The highest BCUT2D eigenvalue weighted by atomic mass is 79.9. The van der Waals surface area contributed by atoms with Gasteiger partial charge in [0.1, 0.15) is 11.6 Å². The molecule has 0 atom stereocenters. The fourth-order valence-corrected chi connectivity index (χ4v) is 1.90. The number of hydrogen-bond acceptors (Lipinski definition) is 2. The van der Waals surface area contributed by atoms with Crippen molar-refractivity contribution in [3.8, 4) is 0 Å². The highest BCUT2D eigenvalue weighted by Gasteiger charge is 2.16. The van der Waals surface area contributed by atoms with Gasteiger partial charge in [0.2, 0.25) is 0 Å². The molecule has 0 unspecified atom stereocenters. The Morgan fingerprint density at radius 2 is 2.11 bits per heavy atom. The first-order valence-corrected chi connectivity index (χ1v) is 6.14. The summed E-state index contributed by atoms with van der Waals surface area (Å²) in [5.74, 6) is -1.97. The van der Waals surface area contributed by atoms with Gasteiger partial charge < -0.3 is 10.1 Å². The van der Waals surface area contributed by atoms with E-state index in [-0.39, 0.29) is 10.2 Å². The minimum absolute atomic E-state index is 0.0697. The zero-order chi connectivity index (χ0) is 13.1. The maximum atomic E-state index is 13.4. The molecule has 1 amide bonds. The molecule has 6 heteroatoms. The van der Waals surface area contributed by atoms with E-state index >= 15 is 0 Å². The van der Waals surface area contributed by atoms with E-state index in [1.807, 2.05) is 0 Å². The van der Waals surface area contributed by atoms with Gasteiger partial charge in [-0.15, -0.1) is 0 Å². The van der Waals surface area contributed by atoms with E-state index in [2.05, 4.69) is 21.2 Å². The lowest BCUT2D eigenvalue weighted by Gasteiger charge is -2.14.